The Morgan fingerprint density at radius 1 is 1.28 bits per heavy atom. The van der Waals surface area contributed by atoms with Gasteiger partial charge in [0, 0.05) is 19.1 Å². The van der Waals surface area contributed by atoms with Crippen LogP contribution in [-0.4, -0.2) is 53.7 Å². The smallest absolute Gasteiger partial charge is 0.323 e. The zero-order chi connectivity index (χ0) is 14.1. The van der Waals surface area contributed by atoms with Crippen molar-refractivity contribution in [2.45, 2.75) is 26.3 Å². The summed E-state index contributed by atoms with van der Waals surface area (Å²) in [6.07, 6.45) is 0.653. The van der Waals surface area contributed by atoms with Gasteiger partial charge in [-0.1, -0.05) is 6.92 Å². The molecule has 1 atom stereocenters. The van der Waals surface area contributed by atoms with Crippen LogP contribution in [0, 0.1) is 0 Å². The molecule has 0 radical (unpaired) electrons. The molecule has 0 aliphatic heterocycles. The third-order valence-corrected chi connectivity index (χ3v) is 2.39. The van der Waals surface area contributed by atoms with Crippen LogP contribution in [0.25, 0.3) is 0 Å². The number of amides is 4. The minimum Gasteiger partial charge on any atom is -0.480 e. The lowest BCUT2D eigenvalue weighted by Gasteiger charge is -2.27. The molecule has 0 aliphatic carbocycles. The maximum absolute atomic E-state index is 11.7. The second-order valence-corrected chi connectivity index (χ2v) is 3.80. The Morgan fingerprint density at radius 2 is 1.83 bits per heavy atom. The van der Waals surface area contributed by atoms with Crippen LogP contribution >= 0.6 is 0 Å². The highest BCUT2D eigenvalue weighted by Gasteiger charge is 2.20. The number of nitrogens with zero attached hydrogens (tertiary/aromatic N) is 1. The number of carboxylic acids is 1. The Kier molecular flexibility index (Phi) is 7.25. The van der Waals surface area contributed by atoms with E-state index in [1.165, 1.54) is 4.90 Å². The number of carbonyl (C=O) groups excluding carboxylic acids is 2. The Labute approximate surface area is 106 Å². The maximum Gasteiger partial charge on any atom is 0.323 e. The predicted molar refractivity (Wildman–Crippen MR) is 65.1 cm³/mol. The lowest BCUT2D eigenvalue weighted by molar-refractivity contribution is -0.138. The number of nitrogens with two attached hydrogens (primary N) is 1. The highest BCUT2D eigenvalue weighted by Crippen LogP contribution is 2.03. The fraction of sp³-hybridized carbons (Fsp3) is 0.700. The van der Waals surface area contributed by atoms with Crippen molar-refractivity contribution >= 4 is 18.0 Å². The molecule has 0 aromatic rings. The van der Waals surface area contributed by atoms with E-state index in [0.29, 0.717) is 6.42 Å². The molecule has 0 aliphatic rings. The lowest BCUT2D eigenvalue weighted by Crippen LogP contribution is -2.49. The summed E-state index contributed by atoms with van der Waals surface area (Å²) in [6, 6.07) is -1.32. The number of urea groups is 2. The van der Waals surface area contributed by atoms with Gasteiger partial charge in [-0.05, 0) is 13.3 Å². The molecule has 0 spiro atoms. The summed E-state index contributed by atoms with van der Waals surface area (Å²) in [5.74, 6) is -1.07. The molecule has 0 saturated heterocycles. The summed E-state index contributed by atoms with van der Waals surface area (Å²) in [5.41, 5.74) is 4.85. The third-order valence-electron chi connectivity index (χ3n) is 2.39. The standard InChI is InChI=1S/C10H20N4O4/c1-3-7(2)14(6-8(15)16)10(18)13-5-4-12-9(11)17/h7H,3-6H2,1-2H3,(H,13,18)(H,15,16)(H3,11,12,17). The molecule has 5 N–H and O–H groups in total. The van der Waals surface area contributed by atoms with Crippen molar-refractivity contribution in [3.63, 3.8) is 0 Å². The summed E-state index contributed by atoms with van der Waals surface area (Å²) in [5, 5.41) is 13.6. The van der Waals surface area contributed by atoms with E-state index in [1.807, 2.05) is 6.92 Å². The van der Waals surface area contributed by atoms with Crippen LogP contribution < -0.4 is 16.4 Å². The van der Waals surface area contributed by atoms with Gasteiger partial charge in [-0.2, -0.15) is 0 Å². The SMILES string of the molecule is CCC(C)N(CC(=O)O)C(=O)NCCNC(N)=O. The number of nitrogens with one attached hydrogen (secondary N) is 2. The third kappa shape index (κ3) is 6.56. The van der Waals surface area contributed by atoms with Gasteiger partial charge >= 0.3 is 18.0 Å². The Hall–Kier alpha value is -1.99. The van der Waals surface area contributed by atoms with Crippen molar-refractivity contribution in [3.05, 3.63) is 0 Å². The predicted octanol–water partition coefficient (Wildman–Crippen LogP) is -0.451. The summed E-state index contributed by atoms with van der Waals surface area (Å²) in [6.45, 7) is 3.66. The van der Waals surface area contributed by atoms with Crippen LogP contribution in [0.5, 0.6) is 0 Å². The normalized spacial score (nSPS) is 11.4. The molecular formula is C10H20N4O4. The minimum absolute atomic E-state index is 0.176. The fourth-order valence-corrected chi connectivity index (χ4v) is 1.25. The maximum atomic E-state index is 11.7. The van der Waals surface area contributed by atoms with E-state index in [2.05, 4.69) is 10.6 Å². The molecule has 1 unspecified atom stereocenters. The van der Waals surface area contributed by atoms with Gasteiger partial charge in [0.25, 0.3) is 0 Å². The van der Waals surface area contributed by atoms with Gasteiger partial charge in [0.05, 0.1) is 0 Å². The van der Waals surface area contributed by atoms with Crippen molar-refractivity contribution in [3.8, 4) is 0 Å². The molecule has 0 rings (SSSR count). The molecule has 0 aromatic carbocycles. The number of aliphatic carboxylic acids is 1. The van der Waals surface area contributed by atoms with Crippen LogP contribution in [0.15, 0.2) is 0 Å². The van der Waals surface area contributed by atoms with E-state index < -0.39 is 18.0 Å². The van der Waals surface area contributed by atoms with Gasteiger partial charge in [0.15, 0.2) is 0 Å². The molecule has 0 heterocycles. The van der Waals surface area contributed by atoms with Crippen LogP contribution in [0.4, 0.5) is 9.59 Å². The summed E-state index contributed by atoms with van der Waals surface area (Å²) in [7, 11) is 0. The fourth-order valence-electron chi connectivity index (χ4n) is 1.25. The molecule has 8 heteroatoms. The number of hydrogen-bond acceptors (Lipinski definition) is 3. The Morgan fingerprint density at radius 3 is 2.28 bits per heavy atom. The molecule has 0 bridgehead atoms. The molecular weight excluding hydrogens is 240 g/mol. The van der Waals surface area contributed by atoms with E-state index in [-0.39, 0.29) is 25.7 Å². The van der Waals surface area contributed by atoms with Gasteiger partial charge in [-0.25, -0.2) is 9.59 Å². The van der Waals surface area contributed by atoms with Crippen LogP contribution in [0.2, 0.25) is 0 Å². The van der Waals surface area contributed by atoms with Gasteiger partial charge < -0.3 is 26.4 Å². The molecule has 0 saturated carbocycles. The Bertz CT molecular complexity index is 308. The molecule has 18 heavy (non-hydrogen) atoms. The highest BCUT2D eigenvalue weighted by atomic mass is 16.4. The topological polar surface area (TPSA) is 125 Å². The lowest BCUT2D eigenvalue weighted by atomic mass is 10.2. The highest BCUT2D eigenvalue weighted by molar-refractivity contribution is 5.80. The zero-order valence-corrected chi connectivity index (χ0v) is 10.6. The summed E-state index contributed by atoms with van der Waals surface area (Å²) >= 11 is 0. The summed E-state index contributed by atoms with van der Waals surface area (Å²) < 4.78 is 0. The first kappa shape index (κ1) is 16.0. The van der Waals surface area contributed by atoms with Crippen LogP contribution in [0.1, 0.15) is 20.3 Å². The summed E-state index contributed by atoms with van der Waals surface area (Å²) in [4.78, 5) is 34.0. The van der Waals surface area contributed by atoms with Gasteiger partial charge in [0.1, 0.15) is 6.54 Å². The zero-order valence-electron chi connectivity index (χ0n) is 10.6. The molecule has 4 amide bonds. The van der Waals surface area contributed by atoms with Gasteiger partial charge in [-0.15, -0.1) is 0 Å². The van der Waals surface area contributed by atoms with Crippen LogP contribution in [0.3, 0.4) is 0 Å². The van der Waals surface area contributed by atoms with E-state index in [0.717, 1.165) is 0 Å². The van der Waals surface area contributed by atoms with Crippen molar-refractivity contribution in [2.75, 3.05) is 19.6 Å². The van der Waals surface area contributed by atoms with Crippen molar-refractivity contribution in [1.82, 2.24) is 15.5 Å². The van der Waals surface area contributed by atoms with E-state index in [4.69, 9.17) is 10.8 Å². The second kappa shape index (κ2) is 8.15. The van der Waals surface area contributed by atoms with Crippen LogP contribution in [-0.2, 0) is 4.79 Å². The van der Waals surface area contributed by atoms with Gasteiger partial charge in [0.2, 0.25) is 0 Å². The average Bonchev–Trinajstić information content (AvgIpc) is 2.29. The first-order valence-corrected chi connectivity index (χ1v) is 5.68. The number of carboxylic acid groups (broad SMARTS) is 1. The molecule has 0 aromatic heterocycles. The average molecular weight is 260 g/mol. The number of hydrogen-bond donors (Lipinski definition) is 4. The van der Waals surface area contributed by atoms with E-state index in [1.54, 1.807) is 6.92 Å². The van der Waals surface area contributed by atoms with Crippen molar-refractivity contribution < 1.29 is 19.5 Å². The monoisotopic (exact) mass is 260 g/mol. The second-order valence-electron chi connectivity index (χ2n) is 3.80. The Balaban J connectivity index is 4.21. The van der Waals surface area contributed by atoms with Gasteiger partial charge in [-0.3, -0.25) is 4.79 Å². The first-order valence-electron chi connectivity index (χ1n) is 5.68. The van der Waals surface area contributed by atoms with E-state index in [9.17, 15) is 14.4 Å². The quantitative estimate of drug-likeness (QED) is 0.462. The first-order chi connectivity index (χ1) is 8.38. The minimum atomic E-state index is -1.07. The molecule has 0 fully saturated rings. The van der Waals surface area contributed by atoms with Crippen molar-refractivity contribution in [2.24, 2.45) is 5.73 Å². The van der Waals surface area contributed by atoms with E-state index >= 15 is 0 Å². The number of primary amides is 1. The largest absolute Gasteiger partial charge is 0.480 e. The van der Waals surface area contributed by atoms with Crippen molar-refractivity contribution in [1.29, 1.82) is 0 Å². The number of rotatable bonds is 7. The molecule has 104 valence electrons. The molecule has 8 nitrogen and oxygen atoms in total. The number of carbonyl (C=O) groups is 3.